The first-order chi connectivity index (χ1) is 14.1. The Labute approximate surface area is 172 Å². The highest BCUT2D eigenvalue weighted by Gasteiger charge is 2.13. The van der Waals surface area contributed by atoms with Crippen molar-refractivity contribution >= 4 is 40.0 Å². The summed E-state index contributed by atoms with van der Waals surface area (Å²) >= 11 is 5.25. The topological polar surface area (TPSA) is 76.4 Å². The SMILES string of the molecule is COc1ccccc1C(=O)NC(=S)Nc1ccc(-c2nc3ccccc3o2)cc1. The minimum atomic E-state index is -0.344. The minimum Gasteiger partial charge on any atom is -0.496 e. The van der Waals surface area contributed by atoms with Crippen molar-refractivity contribution in [2.24, 2.45) is 0 Å². The van der Waals surface area contributed by atoms with Crippen molar-refractivity contribution in [3.63, 3.8) is 0 Å². The third-order valence-electron chi connectivity index (χ3n) is 4.26. The van der Waals surface area contributed by atoms with E-state index in [-0.39, 0.29) is 11.0 Å². The van der Waals surface area contributed by atoms with Crippen molar-refractivity contribution in [2.75, 3.05) is 12.4 Å². The molecule has 1 aromatic heterocycles. The van der Waals surface area contributed by atoms with E-state index in [1.54, 1.807) is 24.3 Å². The van der Waals surface area contributed by atoms with E-state index in [4.69, 9.17) is 21.4 Å². The summed E-state index contributed by atoms with van der Waals surface area (Å²) in [7, 11) is 1.51. The largest absolute Gasteiger partial charge is 0.496 e. The number of nitrogens with one attached hydrogen (secondary N) is 2. The summed E-state index contributed by atoms with van der Waals surface area (Å²) in [5, 5.41) is 5.84. The van der Waals surface area contributed by atoms with Gasteiger partial charge in [-0.3, -0.25) is 10.1 Å². The van der Waals surface area contributed by atoms with Crippen molar-refractivity contribution in [1.29, 1.82) is 0 Å². The normalized spacial score (nSPS) is 10.5. The summed E-state index contributed by atoms with van der Waals surface area (Å²) in [6.45, 7) is 0. The Bertz CT molecular complexity index is 1150. The number of methoxy groups -OCH3 is 1. The predicted octanol–water partition coefficient (Wildman–Crippen LogP) is 4.63. The number of carbonyl (C=O) groups excluding carboxylic acids is 1. The lowest BCUT2D eigenvalue weighted by Crippen LogP contribution is -2.34. The summed E-state index contributed by atoms with van der Waals surface area (Å²) < 4.78 is 11.0. The van der Waals surface area contributed by atoms with E-state index < -0.39 is 0 Å². The van der Waals surface area contributed by atoms with Gasteiger partial charge in [0.15, 0.2) is 10.7 Å². The van der Waals surface area contributed by atoms with Crippen LogP contribution >= 0.6 is 12.2 Å². The molecule has 0 aliphatic rings. The van der Waals surface area contributed by atoms with E-state index in [1.165, 1.54) is 7.11 Å². The molecule has 0 radical (unpaired) electrons. The molecule has 0 fully saturated rings. The number of nitrogens with zero attached hydrogens (tertiary/aromatic N) is 1. The average molecular weight is 403 g/mol. The molecule has 0 unspecified atom stereocenters. The lowest BCUT2D eigenvalue weighted by molar-refractivity contribution is 0.0975. The van der Waals surface area contributed by atoms with Gasteiger partial charge >= 0.3 is 0 Å². The van der Waals surface area contributed by atoms with Crippen LogP contribution in [0.5, 0.6) is 5.75 Å². The Morgan fingerprint density at radius 2 is 1.72 bits per heavy atom. The molecule has 0 atom stereocenters. The molecule has 29 heavy (non-hydrogen) atoms. The molecule has 0 spiro atoms. The number of hydrogen-bond donors (Lipinski definition) is 2. The van der Waals surface area contributed by atoms with E-state index in [0.717, 1.165) is 22.4 Å². The van der Waals surface area contributed by atoms with Crippen LogP contribution in [-0.2, 0) is 0 Å². The molecule has 0 aliphatic carbocycles. The van der Waals surface area contributed by atoms with Crippen LogP contribution in [0.2, 0.25) is 0 Å². The first kappa shape index (κ1) is 18.6. The summed E-state index contributed by atoms with van der Waals surface area (Å²) in [5.74, 6) is 0.684. The number of thiocarbonyl (C=S) groups is 1. The smallest absolute Gasteiger partial charge is 0.261 e. The molecule has 0 saturated heterocycles. The first-order valence-corrected chi connectivity index (χ1v) is 9.26. The van der Waals surface area contributed by atoms with Gasteiger partial charge in [0.05, 0.1) is 12.7 Å². The molecule has 144 valence electrons. The van der Waals surface area contributed by atoms with Gasteiger partial charge in [-0.1, -0.05) is 24.3 Å². The van der Waals surface area contributed by atoms with Gasteiger partial charge < -0.3 is 14.5 Å². The van der Waals surface area contributed by atoms with E-state index in [0.29, 0.717) is 17.2 Å². The van der Waals surface area contributed by atoms with E-state index in [2.05, 4.69) is 15.6 Å². The van der Waals surface area contributed by atoms with Crippen LogP contribution in [0.1, 0.15) is 10.4 Å². The molecular weight excluding hydrogens is 386 g/mol. The van der Waals surface area contributed by atoms with Gasteiger partial charge in [-0.05, 0) is 60.7 Å². The number of hydrogen-bond acceptors (Lipinski definition) is 5. The number of para-hydroxylation sites is 3. The van der Waals surface area contributed by atoms with Gasteiger partial charge in [0.2, 0.25) is 5.89 Å². The van der Waals surface area contributed by atoms with Gasteiger partial charge in [-0.2, -0.15) is 0 Å². The highest BCUT2D eigenvalue weighted by atomic mass is 32.1. The molecular formula is C22H17N3O3S. The predicted molar refractivity (Wildman–Crippen MR) is 116 cm³/mol. The van der Waals surface area contributed by atoms with Gasteiger partial charge in [0.1, 0.15) is 11.3 Å². The molecule has 7 heteroatoms. The van der Waals surface area contributed by atoms with Gasteiger partial charge in [0.25, 0.3) is 5.91 Å². The Hall–Kier alpha value is -3.71. The molecule has 6 nitrogen and oxygen atoms in total. The van der Waals surface area contributed by atoms with Crippen LogP contribution < -0.4 is 15.4 Å². The molecule has 0 bridgehead atoms. The zero-order valence-electron chi connectivity index (χ0n) is 15.5. The maximum Gasteiger partial charge on any atom is 0.261 e. The minimum absolute atomic E-state index is 0.190. The van der Waals surface area contributed by atoms with Crippen LogP contribution in [0.3, 0.4) is 0 Å². The third kappa shape index (κ3) is 4.09. The Kier molecular flexibility index (Phi) is 5.22. The van der Waals surface area contributed by atoms with Crippen LogP contribution in [0.15, 0.2) is 77.2 Å². The molecule has 1 amide bonds. The number of oxazole rings is 1. The molecule has 3 aromatic carbocycles. The molecule has 0 aliphatic heterocycles. The zero-order valence-corrected chi connectivity index (χ0v) is 16.3. The number of fused-ring (bicyclic) bond motifs is 1. The van der Waals surface area contributed by atoms with E-state index >= 15 is 0 Å². The van der Waals surface area contributed by atoms with Crippen molar-refractivity contribution in [2.45, 2.75) is 0 Å². The molecule has 4 aromatic rings. The third-order valence-corrected chi connectivity index (χ3v) is 4.47. The molecule has 1 heterocycles. The number of ether oxygens (including phenoxy) is 1. The fourth-order valence-corrected chi connectivity index (χ4v) is 3.07. The van der Waals surface area contributed by atoms with Crippen LogP contribution in [0.4, 0.5) is 5.69 Å². The highest BCUT2D eigenvalue weighted by Crippen LogP contribution is 2.25. The summed E-state index contributed by atoms with van der Waals surface area (Å²) in [4.78, 5) is 16.9. The molecule has 0 saturated carbocycles. The molecule has 2 N–H and O–H groups in total. The zero-order chi connectivity index (χ0) is 20.2. The average Bonchev–Trinajstić information content (AvgIpc) is 3.18. The van der Waals surface area contributed by atoms with Crippen molar-refractivity contribution in [3.8, 4) is 17.2 Å². The number of aromatic nitrogens is 1. The summed E-state index contributed by atoms with van der Waals surface area (Å²) in [6, 6.07) is 22.0. The Balaban J connectivity index is 1.43. The van der Waals surface area contributed by atoms with Crippen molar-refractivity contribution in [3.05, 3.63) is 78.4 Å². The monoisotopic (exact) mass is 403 g/mol. The first-order valence-electron chi connectivity index (χ1n) is 8.85. The summed E-state index contributed by atoms with van der Waals surface area (Å²) in [6.07, 6.45) is 0. The van der Waals surface area contributed by atoms with Gasteiger partial charge in [-0.15, -0.1) is 0 Å². The second kappa shape index (κ2) is 8.12. The van der Waals surface area contributed by atoms with E-state index in [1.807, 2.05) is 48.5 Å². The second-order valence-electron chi connectivity index (χ2n) is 6.17. The second-order valence-corrected chi connectivity index (χ2v) is 6.58. The fourth-order valence-electron chi connectivity index (χ4n) is 2.86. The quantitative estimate of drug-likeness (QED) is 0.484. The van der Waals surface area contributed by atoms with Gasteiger partial charge in [-0.25, -0.2) is 4.98 Å². The highest BCUT2D eigenvalue weighted by molar-refractivity contribution is 7.80. The van der Waals surface area contributed by atoms with Crippen molar-refractivity contribution < 1.29 is 13.9 Å². The number of carbonyl (C=O) groups is 1. The lowest BCUT2D eigenvalue weighted by Gasteiger charge is -2.11. The lowest BCUT2D eigenvalue weighted by atomic mass is 10.2. The van der Waals surface area contributed by atoms with Gasteiger partial charge in [0, 0.05) is 11.3 Å². The Morgan fingerprint density at radius 1 is 1.00 bits per heavy atom. The van der Waals surface area contributed by atoms with E-state index in [9.17, 15) is 4.79 Å². The number of benzene rings is 3. The molecule has 4 rings (SSSR count). The number of rotatable bonds is 4. The Morgan fingerprint density at radius 3 is 2.48 bits per heavy atom. The number of amides is 1. The van der Waals surface area contributed by atoms with Crippen LogP contribution in [0, 0.1) is 0 Å². The van der Waals surface area contributed by atoms with Crippen molar-refractivity contribution in [1.82, 2.24) is 10.3 Å². The standard InChI is InChI=1S/C22H17N3O3S/c1-27-18-8-4-2-6-16(18)20(26)25-22(29)23-15-12-10-14(11-13-15)21-24-17-7-3-5-9-19(17)28-21/h2-13H,1H3,(H2,23,25,26,29). The summed E-state index contributed by atoms with van der Waals surface area (Å²) in [5.41, 5.74) is 3.53. The fraction of sp³-hybridized carbons (Fsp3) is 0.0455. The van der Waals surface area contributed by atoms with Crippen LogP contribution in [-0.4, -0.2) is 23.1 Å². The number of anilines is 1. The maximum atomic E-state index is 12.4. The van der Waals surface area contributed by atoms with Crippen LogP contribution in [0.25, 0.3) is 22.6 Å². The maximum absolute atomic E-state index is 12.4.